The molecule has 1 aromatic carbocycles. The van der Waals surface area contributed by atoms with E-state index < -0.39 is 6.10 Å². The molecule has 20 heavy (non-hydrogen) atoms. The molecule has 0 spiro atoms. The zero-order valence-electron chi connectivity index (χ0n) is 10.7. The maximum atomic E-state index is 11.9. The van der Waals surface area contributed by atoms with E-state index in [0.717, 1.165) is 4.88 Å². The van der Waals surface area contributed by atoms with E-state index in [1.165, 1.54) is 11.3 Å². The van der Waals surface area contributed by atoms with Crippen LogP contribution in [0, 0.1) is 11.3 Å². The van der Waals surface area contributed by atoms with Gasteiger partial charge in [-0.15, -0.1) is 11.3 Å². The molecular formula is C15H14N2O2S. The van der Waals surface area contributed by atoms with E-state index >= 15 is 0 Å². The molecule has 2 N–H and O–H groups in total. The second-order valence-corrected chi connectivity index (χ2v) is 5.25. The molecule has 1 unspecified atom stereocenters. The minimum Gasteiger partial charge on any atom is -0.388 e. The van der Waals surface area contributed by atoms with Gasteiger partial charge >= 0.3 is 0 Å². The van der Waals surface area contributed by atoms with Crippen molar-refractivity contribution in [3.8, 4) is 6.07 Å². The Morgan fingerprint density at radius 1 is 1.40 bits per heavy atom. The van der Waals surface area contributed by atoms with Gasteiger partial charge in [0.2, 0.25) is 0 Å². The van der Waals surface area contributed by atoms with Crippen molar-refractivity contribution < 1.29 is 9.90 Å². The number of hydrogen-bond donors (Lipinski definition) is 2. The first-order chi connectivity index (χ1) is 9.70. The van der Waals surface area contributed by atoms with Gasteiger partial charge in [-0.3, -0.25) is 4.79 Å². The third kappa shape index (κ3) is 3.67. The summed E-state index contributed by atoms with van der Waals surface area (Å²) in [5.41, 5.74) is 0.908. The highest BCUT2D eigenvalue weighted by molar-refractivity contribution is 7.10. The van der Waals surface area contributed by atoms with Crippen molar-refractivity contribution in [1.82, 2.24) is 5.32 Å². The molecule has 0 saturated carbocycles. The molecule has 0 bridgehead atoms. The van der Waals surface area contributed by atoms with Crippen molar-refractivity contribution in [3.63, 3.8) is 0 Å². The number of aliphatic hydroxyl groups excluding tert-OH is 1. The monoisotopic (exact) mass is 286 g/mol. The van der Waals surface area contributed by atoms with Crippen LogP contribution in [0.4, 0.5) is 0 Å². The summed E-state index contributed by atoms with van der Waals surface area (Å²) in [5.74, 6) is -0.236. The van der Waals surface area contributed by atoms with Crippen LogP contribution >= 0.6 is 11.3 Å². The van der Waals surface area contributed by atoms with Crippen molar-refractivity contribution in [2.24, 2.45) is 0 Å². The zero-order valence-corrected chi connectivity index (χ0v) is 11.6. The fourth-order valence-electron chi connectivity index (χ4n) is 1.78. The molecule has 102 valence electrons. The van der Waals surface area contributed by atoms with E-state index in [1.54, 1.807) is 24.3 Å². The predicted molar refractivity (Wildman–Crippen MR) is 77.4 cm³/mol. The van der Waals surface area contributed by atoms with Gasteiger partial charge in [0.25, 0.3) is 5.91 Å². The smallest absolute Gasteiger partial charge is 0.251 e. The fourth-order valence-corrected chi connectivity index (χ4v) is 2.52. The zero-order chi connectivity index (χ0) is 14.4. The van der Waals surface area contributed by atoms with E-state index in [9.17, 15) is 9.90 Å². The lowest BCUT2D eigenvalue weighted by Crippen LogP contribution is -2.25. The van der Waals surface area contributed by atoms with Crippen molar-refractivity contribution in [1.29, 1.82) is 5.26 Å². The van der Waals surface area contributed by atoms with Crippen LogP contribution in [0.15, 0.2) is 41.8 Å². The maximum Gasteiger partial charge on any atom is 0.251 e. The number of benzene rings is 1. The number of carbonyl (C=O) groups excluding carboxylic acids is 1. The Hall–Kier alpha value is -2.16. The van der Waals surface area contributed by atoms with E-state index in [2.05, 4.69) is 5.32 Å². The number of nitrogens with zero attached hydrogens (tertiary/aromatic N) is 1. The lowest BCUT2D eigenvalue weighted by Gasteiger charge is -2.09. The largest absolute Gasteiger partial charge is 0.388 e. The molecule has 4 nitrogen and oxygen atoms in total. The van der Waals surface area contributed by atoms with Crippen LogP contribution < -0.4 is 5.32 Å². The van der Waals surface area contributed by atoms with Gasteiger partial charge in [0, 0.05) is 17.0 Å². The molecule has 0 fully saturated rings. The summed E-state index contributed by atoms with van der Waals surface area (Å²) in [6, 6.07) is 12.3. The topological polar surface area (TPSA) is 73.1 Å². The van der Waals surface area contributed by atoms with Crippen molar-refractivity contribution in [3.05, 3.63) is 57.8 Å². The Kier molecular flexibility index (Phi) is 4.88. The summed E-state index contributed by atoms with van der Waals surface area (Å²) in [7, 11) is 0. The van der Waals surface area contributed by atoms with Crippen molar-refractivity contribution in [2.45, 2.75) is 12.5 Å². The van der Waals surface area contributed by atoms with Crippen LogP contribution in [0.25, 0.3) is 0 Å². The SMILES string of the molecule is N#Cc1cccc(C(=O)NCCC(O)c2cccs2)c1. The van der Waals surface area contributed by atoms with Gasteiger partial charge in [-0.05, 0) is 36.1 Å². The van der Waals surface area contributed by atoms with Gasteiger partial charge in [-0.25, -0.2) is 0 Å². The normalized spacial score (nSPS) is 11.6. The van der Waals surface area contributed by atoms with Gasteiger partial charge in [0.05, 0.1) is 17.7 Å². The van der Waals surface area contributed by atoms with Crippen LogP contribution in [0.2, 0.25) is 0 Å². The Labute approximate surface area is 121 Å². The number of rotatable bonds is 5. The van der Waals surface area contributed by atoms with Crippen LogP contribution in [0.1, 0.15) is 33.3 Å². The number of carbonyl (C=O) groups is 1. The minimum absolute atomic E-state index is 0.236. The molecular weight excluding hydrogens is 272 g/mol. The molecule has 0 aliphatic carbocycles. The highest BCUT2D eigenvalue weighted by atomic mass is 32.1. The van der Waals surface area contributed by atoms with E-state index in [0.29, 0.717) is 24.1 Å². The molecule has 1 aromatic heterocycles. The molecule has 1 heterocycles. The van der Waals surface area contributed by atoms with Crippen LogP contribution in [0.3, 0.4) is 0 Å². The second kappa shape index (κ2) is 6.85. The number of hydrogen-bond acceptors (Lipinski definition) is 4. The number of nitrogens with one attached hydrogen (secondary N) is 1. The Morgan fingerprint density at radius 3 is 2.95 bits per heavy atom. The number of nitriles is 1. The fraction of sp³-hybridized carbons (Fsp3) is 0.200. The predicted octanol–water partition coefficient (Wildman–Crippen LogP) is 2.47. The Balaban J connectivity index is 1.85. The standard InChI is InChI=1S/C15H14N2O2S/c16-10-11-3-1-4-12(9-11)15(19)17-7-6-13(18)14-5-2-8-20-14/h1-5,8-9,13,18H,6-7H2,(H,17,19). The summed E-state index contributed by atoms with van der Waals surface area (Å²) in [6.07, 6.45) is -0.0924. The van der Waals surface area contributed by atoms with Crippen molar-refractivity contribution >= 4 is 17.2 Å². The average molecular weight is 286 g/mol. The molecule has 0 aliphatic heterocycles. The summed E-state index contributed by atoms with van der Waals surface area (Å²) in [4.78, 5) is 12.8. The number of amides is 1. The summed E-state index contributed by atoms with van der Waals surface area (Å²) in [5, 5.41) is 23.3. The first kappa shape index (κ1) is 14.3. The molecule has 1 atom stereocenters. The van der Waals surface area contributed by atoms with E-state index in [4.69, 9.17) is 5.26 Å². The molecule has 1 amide bonds. The molecule has 0 aliphatic rings. The number of aliphatic hydroxyl groups is 1. The number of thiophene rings is 1. The van der Waals surface area contributed by atoms with Gasteiger partial charge < -0.3 is 10.4 Å². The lowest BCUT2D eigenvalue weighted by atomic mass is 10.1. The highest BCUT2D eigenvalue weighted by Crippen LogP contribution is 2.20. The third-order valence-corrected chi connectivity index (χ3v) is 3.80. The van der Waals surface area contributed by atoms with Gasteiger partial charge in [-0.1, -0.05) is 12.1 Å². The minimum atomic E-state index is -0.555. The molecule has 5 heteroatoms. The maximum absolute atomic E-state index is 11.9. The summed E-state index contributed by atoms with van der Waals surface area (Å²) < 4.78 is 0. The van der Waals surface area contributed by atoms with Gasteiger partial charge in [0.1, 0.15) is 0 Å². The summed E-state index contributed by atoms with van der Waals surface area (Å²) in [6.45, 7) is 0.384. The third-order valence-electron chi connectivity index (χ3n) is 2.83. The molecule has 2 aromatic rings. The highest BCUT2D eigenvalue weighted by Gasteiger charge is 2.10. The first-order valence-electron chi connectivity index (χ1n) is 6.20. The second-order valence-electron chi connectivity index (χ2n) is 4.27. The Bertz CT molecular complexity index is 617. The summed E-state index contributed by atoms with van der Waals surface area (Å²) >= 11 is 1.49. The van der Waals surface area contributed by atoms with E-state index in [1.807, 2.05) is 23.6 Å². The quantitative estimate of drug-likeness (QED) is 0.886. The lowest BCUT2D eigenvalue weighted by molar-refractivity contribution is 0.0943. The van der Waals surface area contributed by atoms with Crippen LogP contribution in [0.5, 0.6) is 0 Å². The van der Waals surface area contributed by atoms with Crippen LogP contribution in [-0.4, -0.2) is 17.6 Å². The van der Waals surface area contributed by atoms with Gasteiger partial charge in [0.15, 0.2) is 0 Å². The molecule has 2 rings (SSSR count). The van der Waals surface area contributed by atoms with Crippen molar-refractivity contribution in [2.75, 3.05) is 6.54 Å². The van der Waals surface area contributed by atoms with Gasteiger partial charge in [-0.2, -0.15) is 5.26 Å². The Morgan fingerprint density at radius 2 is 2.25 bits per heavy atom. The first-order valence-corrected chi connectivity index (χ1v) is 7.08. The molecule has 0 radical (unpaired) electrons. The van der Waals surface area contributed by atoms with Crippen LogP contribution in [-0.2, 0) is 0 Å². The molecule has 0 saturated heterocycles. The average Bonchev–Trinajstić information content (AvgIpc) is 3.01. The van der Waals surface area contributed by atoms with E-state index in [-0.39, 0.29) is 5.91 Å².